The number of carbonyl (C=O) groups is 1. The Morgan fingerprint density at radius 1 is 1.00 bits per heavy atom. The standard InChI is InChI=1S/C23H17N3O3S/c1-16-12-13-17(14-20(16)26(28)29)15-21-22(27)25(19-10-6-3-7-11-19)23(30-21)24-18-8-4-2-5-9-18/h2-15H,1H3/b21-15+,24-23?. The minimum absolute atomic E-state index is 0.0258. The predicted octanol–water partition coefficient (Wildman–Crippen LogP) is 5.71. The average Bonchev–Trinajstić information content (AvgIpc) is 3.05. The van der Waals surface area contributed by atoms with Crippen LogP contribution in [0.25, 0.3) is 6.08 Å². The monoisotopic (exact) mass is 415 g/mol. The molecule has 0 N–H and O–H groups in total. The van der Waals surface area contributed by atoms with E-state index in [-0.39, 0.29) is 11.6 Å². The largest absolute Gasteiger partial charge is 0.272 e. The Morgan fingerprint density at radius 3 is 2.33 bits per heavy atom. The zero-order valence-electron chi connectivity index (χ0n) is 16.1. The third-order valence-electron chi connectivity index (χ3n) is 4.53. The van der Waals surface area contributed by atoms with Gasteiger partial charge in [0.2, 0.25) is 0 Å². The maximum Gasteiger partial charge on any atom is 0.272 e. The molecule has 1 amide bonds. The van der Waals surface area contributed by atoms with Gasteiger partial charge in [0.25, 0.3) is 11.6 Å². The third-order valence-corrected chi connectivity index (χ3v) is 5.50. The van der Waals surface area contributed by atoms with Crippen molar-refractivity contribution < 1.29 is 9.72 Å². The molecule has 0 unspecified atom stereocenters. The van der Waals surface area contributed by atoms with Crippen LogP contribution in [0.3, 0.4) is 0 Å². The molecule has 0 aromatic heterocycles. The Balaban J connectivity index is 1.77. The van der Waals surface area contributed by atoms with Crippen molar-refractivity contribution in [2.45, 2.75) is 6.92 Å². The molecule has 3 aromatic carbocycles. The fourth-order valence-corrected chi connectivity index (χ4v) is 4.03. The van der Waals surface area contributed by atoms with E-state index >= 15 is 0 Å². The first kappa shape index (κ1) is 19.6. The van der Waals surface area contributed by atoms with E-state index in [9.17, 15) is 14.9 Å². The van der Waals surface area contributed by atoms with Crippen LogP contribution in [0.2, 0.25) is 0 Å². The smallest absolute Gasteiger partial charge is 0.268 e. The zero-order chi connectivity index (χ0) is 21.1. The van der Waals surface area contributed by atoms with Crippen molar-refractivity contribution in [3.8, 4) is 0 Å². The Morgan fingerprint density at radius 2 is 1.67 bits per heavy atom. The molecule has 0 atom stereocenters. The summed E-state index contributed by atoms with van der Waals surface area (Å²) in [5, 5.41) is 11.8. The van der Waals surface area contributed by atoms with E-state index in [1.807, 2.05) is 60.7 Å². The second kappa shape index (κ2) is 8.34. The summed E-state index contributed by atoms with van der Waals surface area (Å²) in [5.41, 5.74) is 2.64. The Labute approximate surface area is 177 Å². The first-order valence-corrected chi connectivity index (χ1v) is 10.0. The van der Waals surface area contributed by atoms with E-state index in [4.69, 9.17) is 0 Å². The van der Waals surface area contributed by atoms with Gasteiger partial charge in [0.1, 0.15) is 0 Å². The molecule has 0 radical (unpaired) electrons. The maximum absolute atomic E-state index is 13.2. The summed E-state index contributed by atoms with van der Waals surface area (Å²) < 4.78 is 0. The fraction of sp³-hybridized carbons (Fsp3) is 0.0435. The maximum atomic E-state index is 13.2. The molecule has 3 aromatic rings. The number of thioether (sulfide) groups is 1. The summed E-state index contributed by atoms with van der Waals surface area (Å²) in [5.74, 6) is -0.218. The van der Waals surface area contributed by atoms with Crippen LogP contribution >= 0.6 is 11.8 Å². The van der Waals surface area contributed by atoms with Crippen LogP contribution in [0.4, 0.5) is 17.1 Å². The van der Waals surface area contributed by atoms with Crippen molar-refractivity contribution in [2.75, 3.05) is 4.90 Å². The third kappa shape index (κ3) is 4.01. The molecule has 0 aliphatic carbocycles. The van der Waals surface area contributed by atoms with Crippen molar-refractivity contribution in [2.24, 2.45) is 4.99 Å². The molecule has 1 fully saturated rings. The number of hydrogen-bond acceptors (Lipinski definition) is 5. The lowest BCUT2D eigenvalue weighted by Gasteiger charge is -2.15. The van der Waals surface area contributed by atoms with Crippen LogP contribution in [0.15, 0.2) is 88.8 Å². The topological polar surface area (TPSA) is 75.8 Å². The normalized spacial score (nSPS) is 16.4. The van der Waals surface area contributed by atoms with Crippen molar-refractivity contribution in [1.29, 1.82) is 0 Å². The quantitative estimate of drug-likeness (QED) is 0.311. The lowest BCUT2D eigenvalue weighted by molar-refractivity contribution is -0.385. The number of anilines is 1. The molecular weight excluding hydrogens is 398 g/mol. The number of aliphatic imine (C=N–C) groups is 1. The van der Waals surface area contributed by atoms with Crippen LogP contribution in [0.1, 0.15) is 11.1 Å². The average molecular weight is 415 g/mol. The number of aryl methyl sites for hydroxylation is 1. The Bertz CT molecular complexity index is 1170. The first-order valence-electron chi connectivity index (χ1n) is 9.21. The lowest BCUT2D eigenvalue weighted by Crippen LogP contribution is -2.28. The van der Waals surface area contributed by atoms with E-state index in [1.165, 1.54) is 17.8 Å². The second-order valence-corrected chi connectivity index (χ2v) is 7.63. The molecule has 0 spiro atoms. The number of nitrogens with zero attached hydrogens (tertiary/aromatic N) is 3. The van der Waals surface area contributed by atoms with Gasteiger partial charge in [0.05, 0.1) is 21.2 Å². The van der Waals surface area contributed by atoms with Gasteiger partial charge in [-0.1, -0.05) is 48.5 Å². The summed E-state index contributed by atoms with van der Waals surface area (Å²) in [4.78, 5) is 30.7. The van der Waals surface area contributed by atoms with E-state index in [0.29, 0.717) is 26.9 Å². The number of amidine groups is 1. The molecule has 1 saturated heterocycles. The second-order valence-electron chi connectivity index (χ2n) is 6.62. The van der Waals surface area contributed by atoms with E-state index < -0.39 is 4.92 Å². The highest BCUT2D eigenvalue weighted by atomic mass is 32.2. The summed E-state index contributed by atoms with van der Waals surface area (Å²) in [6.45, 7) is 1.69. The molecule has 1 aliphatic heterocycles. The fourth-order valence-electron chi connectivity index (χ4n) is 3.03. The SMILES string of the molecule is Cc1ccc(/C=C2/SC(=Nc3ccccc3)N(c3ccccc3)C2=O)cc1[N+](=O)[O-]. The van der Waals surface area contributed by atoms with Crippen LogP contribution in [0.5, 0.6) is 0 Å². The van der Waals surface area contributed by atoms with Crippen LogP contribution < -0.4 is 4.90 Å². The summed E-state index contributed by atoms with van der Waals surface area (Å²) in [6.07, 6.45) is 1.67. The van der Waals surface area contributed by atoms with Gasteiger partial charge >= 0.3 is 0 Å². The van der Waals surface area contributed by atoms with Gasteiger partial charge in [-0.2, -0.15) is 0 Å². The van der Waals surface area contributed by atoms with Crippen LogP contribution in [0, 0.1) is 17.0 Å². The number of amides is 1. The Kier molecular flexibility index (Phi) is 5.45. The molecule has 1 heterocycles. The molecule has 1 aliphatic rings. The first-order chi connectivity index (χ1) is 14.5. The van der Waals surface area contributed by atoms with Crippen LogP contribution in [-0.2, 0) is 4.79 Å². The van der Waals surface area contributed by atoms with Gasteiger partial charge in [0.15, 0.2) is 5.17 Å². The number of carbonyl (C=O) groups excluding carboxylic acids is 1. The number of para-hydroxylation sites is 2. The highest BCUT2D eigenvalue weighted by molar-refractivity contribution is 8.19. The molecule has 6 nitrogen and oxygen atoms in total. The van der Waals surface area contributed by atoms with E-state index in [0.717, 1.165) is 5.69 Å². The van der Waals surface area contributed by atoms with Gasteiger partial charge < -0.3 is 0 Å². The van der Waals surface area contributed by atoms with Crippen molar-refractivity contribution >= 4 is 46.0 Å². The highest BCUT2D eigenvalue weighted by Gasteiger charge is 2.34. The van der Waals surface area contributed by atoms with Gasteiger partial charge in [0, 0.05) is 11.6 Å². The molecule has 30 heavy (non-hydrogen) atoms. The minimum Gasteiger partial charge on any atom is -0.268 e. The molecule has 0 bridgehead atoms. The van der Waals surface area contributed by atoms with E-state index in [2.05, 4.69) is 4.99 Å². The van der Waals surface area contributed by atoms with Gasteiger partial charge in [-0.25, -0.2) is 4.99 Å². The van der Waals surface area contributed by atoms with Crippen LogP contribution in [-0.4, -0.2) is 16.0 Å². The number of nitro benzene ring substituents is 1. The van der Waals surface area contributed by atoms with Gasteiger partial charge in [-0.15, -0.1) is 0 Å². The van der Waals surface area contributed by atoms with E-state index in [1.54, 1.807) is 30.0 Å². The predicted molar refractivity (Wildman–Crippen MR) is 121 cm³/mol. The molecular formula is C23H17N3O3S. The molecule has 7 heteroatoms. The number of hydrogen-bond donors (Lipinski definition) is 0. The summed E-state index contributed by atoms with van der Waals surface area (Å²) >= 11 is 1.25. The lowest BCUT2D eigenvalue weighted by atomic mass is 10.1. The Hall–Kier alpha value is -3.71. The molecule has 148 valence electrons. The molecule has 0 saturated carbocycles. The summed E-state index contributed by atoms with van der Waals surface area (Å²) in [6, 6.07) is 23.6. The summed E-state index contributed by atoms with van der Waals surface area (Å²) in [7, 11) is 0. The zero-order valence-corrected chi connectivity index (χ0v) is 16.9. The van der Waals surface area contributed by atoms with Crippen molar-refractivity contribution in [3.05, 3.63) is 105 Å². The number of benzene rings is 3. The van der Waals surface area contributed by atoms with Crippen molar-refractivity contribution in [1.82, 2.24) is 0 Å². The minimum atomic E-state index is -0.417. The molecule has 4 rings (SSSR count). The highest BCUT2D eigenvalue weighted by Crippen LogP contribution is 2.37. The van der Waals surface area contributed by atoms with Crippen molar-refractivity contribution in [3.63, 3.8) is 0 Å². The van der Waals surface area contributed by atoms with Gasteiger partial charge in [-0.3, -0.25) is 19.8 Å². The number of nitro groups is 1. The van der Waals surface area contributed by atoms with Gasteiger partial charge in [-0.05, 0) is 54.6 Å². The number of rotatable bonds is 4.